The summed E-state index contributed by atoms with van der Waals surface area (Å²) in [7, 11) is 3.14. The van der Waals surface area contributed by atoms with Gasteiger partial charge in [0.1, 0.15) is 11.5 Å². The van der Waals surface area contributed by atoms with Crippen LogP contribution < -0.4 is 20.5 Å². The molecule has 2 heterocycles. The number of nitrogens with zero attached hydrogens (tertiary/aromatic N) is 1. The summed E-state index contributed by atoms with van der Waals surface area (Å²) in [5.74, 6) is 0.588. The Morgan fingerprint density at radius 3 is 2.62 bits per heavy atom. The summed E-state index contributed by atoms with van der Waals surface area (Å²) in [5, 5.41) is 8.31. The zero-order valence-electron chi connectivity index (χ0n) is 15.9. The largest absolute Gasteiger partial charge is 0.497 e. The Balaban J connectivity index is 1.81. The van der Waals surface area contributed by atoms with Crippen molar-refractivity contribution < 1.29 is 14.3 Å². The topological polar surface area (TPSA) is 86.5 Å². The van der Waals surface area contributed by atoms with E-state index in [1.54, 1.807) is 36.8 Å². The highest BCUT2D eigenvalue weighted by atomic mass is 32.1. The molecule has 29 heavy (non-hydrogen) atoms. The van der Waals surface area contributed by atoms with Gasteiger partial charge in [-0.25, -0.2) is 0 Å². The van der Waals surface area contributed by atoms with Crippen LogP contribution >= 0.6 is 11.3 Å². The van der Waals surface area contributed by atoms with E-state index in [0.29, 0.717) is 16.8 Å². The van der Waals surface area contributed by atoms with Crippen LogP contribution in [0.3, 0.4) is 0 Å². The summed E-state index contributed by atoms with van der Waals surface area (Å²) in [6.07, 6.45) is 1.70. The van der Waals surface area contributed by atoms with Crippen LogP contribution in [0.2, 0.25) is 0 Å². The minimum atomic E-state index is -0.556. The molecule has 0 aliphatic heterocycles. The summed E-state index contributed by atoms with van der Waals surface area (Å²) in [4.78, 5) is 16.2. The molecule has 0 radical (unpaired) electrons. The lowest BCUT2D eigenvalue weighted by Gasteiger charge is -2.14. The molecular formula is C22H19N3O3S. The Morgan fingerprint density at radius 1 is 1.07 bits per heavy atom. The number of nitrogens with one attached hydrogen (secondary N) is 1. The van der Waals surface area contributed by atoms with E-state index in [1.807, 2.05) is 23.6 Å². The second kappa shape index (κ2) is 7.81. The first-order chi connectivity index (χ1) is 14.1. The maximum Gasteiger partial charge on any atom is 0.252 e. The second-order valence-electron chi connectivity index (χ2n) is 6.38. The summed E-state index contributed by atoms with van der Waals surface area (Å²) in [6, 6.07) is 13.3. The van der Waals surface area contributed by atoms with Crippen LogP contribution in [-0.4, -0.2) is 25.1 Å². The third-order valence-electron chi connectivity index (χ3n) is 4.60. The van der Waals surface area contributed by atoms with E-state index in [2.05, 4.69) is 27.8 Å². The molecule has 4 rings (SSSR count). The molecule has 7 heteroatoms. The zero-order valence-corrected chi connectivity index (χ0v) is 16.7. The van der Waals surface area contributed by atoms with Gasteiger partial charge in [-0.15, -0.1) is 0 Å². The van der Waals surface area contributed by atoms with E-state index in [0.717, 1.165) is 33.6 Å². The second-order valence-corrected chi connectivity index (χ2v) is 7.16. The van der Waals surface area contributed by atoms with Crippen LogP contribution in [0, 0.1) is 0 Å². The molecule has 1 amide bonds. The van der Waals surface area contributed by atoms with Gasteiger partial charge in [-0.3, -0.25) is 9.78 Å². The molecule has 2 aromatic heterocycles. The maximum absolute atomic E-state index is 11.8. The first kappa shape index (κ1) is 18.8. The number of ether oxygens (including phenoxy) is 2. The smallest absolute Gasteiger partial charge is 0.252 e. The van der Waals surface area contributed by atoms with Gasteiger partial charge in [0, 0.05) is 35.1 Å². The lowest BCUT2D eigenvalue weighted by Crippen LogP contribution is -2.12. The van der Waals surface area contributed by atoms with Crippen molar-refractivity contribution in [1.29, 1.82) is 0 Å². The number of aromatic nitrogens is 1. The number of pyridine rings is 1. The molecule has 0 aliphatic carbocycles. The summed E-state index contributed by atoms with van der Waals surface area (Å²) >= 11 is 1.64. The molecule has 0 spiro atoms. The number of methoxy groups -OCH3 is 2. The lowest BCUT2D eigenvalue weighted by molar-refractivity contribution is 0.0997. The van der Waals surface area contributed by atoms with Crippen LogP contribution in [0.5, 0.6) is 11.5 Å². The van der Waals surface area contributed by atoms with Gasteiger partial charge < -0.3 is 20.5 Å². The van der Waals surface area contributed by atoms with Gasteiger partial charge in [-0.1, -0.05) is 0 Å². The standard InChI is InChI=1S/C22H19N3O3S/c1-27-16-8-14(13-4-6-29-12-13)7-15(9-16)25-19-3-5-24-20-11-21(28-2)18(22(23)26)10-17(19)20/h3-12H,1-2H3,(H2,23,26)(H,24,25). The van der Waals surface area contributed by atoms with Crippen molar-refractivity contribution >= 4 is 39.5 Å². The van der Waals surface area contributed by atoms with Gasteiger partial charge in [0.05, 0.1) is 25.3 Å². The number of hydrogen-bond donors (Lipinski definition) is 2. The lowest BCUT2D eigenvalue weighted by atomic mass is 10.1. The van der Waals surface area contributed by atoms with Crippen molar-refractivity contribution in [3.63, 3.8) is 0 Å². The van der Waals surface area contributed by atoms with Crippen molar-refractivity contribution in [1.82, 2.24) is 4.98 Å². The first-order valence-corrected chi connectivity index (χ1v) is 9.78. The molecule has 0 fully saturated rings. The molecule has 0 saturated heterocycles. The van der Waals surface area contributed by atoms with Crippen LogP contribution in [0.1, 0.15) is 10.4 Å². The number of hydrogen-bond acceptors (Lipinski definition) is 6. The molecule has 3 N–H and O–H groups in total. The fourth-order valence-electron chi connectivity index (χ4n) is 3.18. The summed E-state index contributed by atoms with van der Waals surface area (Å²) in [6.45, 7) is 0. The fourth-order valence-corrected chi connectivity index (χ4v) is 3.85. The molecule has 4 aromatic rings. The maximum atomic E-state index is 11.8. The highest BCUT2D eigenvalue weighted by Crippen LogP contribution is 2.34. The Morgan fingerprint density at radius 2 is 1.93 bits per heavy atom. The van der Waals surface area contributed by atoms with Gasteiger partial charge >= 0.3 is 0 Å². The van der Waals surface area contributed by atoms with Crippen LogP contribution in [0.25, 0.3) is 22.0 Å². The third-order valence-corrected chi connectivity index (χ3v) is 5.29. The SMILES string of the molecule is COc1cc(Nc2ccnc3cc(OC)c(C(N)=O)cc23)cc(-c2ccsc2)c1. The highest BCUT2D eigenvalue weighted by molar-refractivity contribution is 7.08. The molecule has 0 saturated carbocycles. The van der Waals surface area contributed by atoms with Crippen molar-refractivity contribution in [2.24, 2.45) is 5.73 Å². The Bertz CT molecular complexity index is 1190. The number of rotatable bonds is 6. The molecule has 0 atom stereocenters. The van der Waals surface area contributed by atoms with Crippen LogP contribution in [0.4, 0.5) is 11.4 Å². The average molecular weight is 405 g/mol. The van der Waals surface area contributed by atoms with E-state index in [9.17, 15) is 4.79 Å². The van der Waals surface area contributed by atoms with Gasteiger partial charge in [0.2, 0.25) is 0 Å². The predicted octanol–water partition coefficient (Wildman–Crippen LogP) is 4.82. The monoisotopic (exact) mass is 405 g/mol. The van der Waals surface area contributed by atoms with E-state index in [4.69, 9.17) is 15.2 Å². The Hall–Kier alpha value is -3.58. The molecule has 146 valence electrons. The summed E-state index contributed by atoms with van der Waals surface area (Å²) in [5.41, 5.74) is 10.3. The van der Waals surface area contributed by atoms with Gasteiger partial charge in [0.15, 0.2) is 0 Å². The third kappa shape index (κ3) is 3.72. The number of nitrogens with two attached hydrogens (primary N) is 1. The number of benzene rings is 2. The quantitative estimate of drug-likeness (QED) is 0.480. The van der Waals surface area contributed by atoms with E-state index in [1.165, 1.54) is 7.11 Å². The highest BCUT2D eigenvalue weighted by Gasteiger charge is 2.14. The average Bonchev–Trinajstić information content (AvgIpc) is 3.27. The number of primary amides is 1. The number of anilines is 2. The predicted molar refractivity (Wildman–Crippen MR) is 116 cm³/mol. The molecule has 6 nitrogen and oxygen atoms in total. The number of carbonyl (C=O) groups excluding carboxylic acids is 1. The number of carbonyl (C=O) groups is 1. The molecule has 0 bridgehead atoms. The van der Waals surface area contributed by atoms with Crippen molar-refractivity contribution in [2.75, 3.05) is 19.5 Å². The molecule has 0 unspecified atom stereocenters. The van der Waals surface area contributed by atoms with Crippen LogP contribution in [-0.2, 0) is 0 Å². The molecule has 0 aliphatic rings. The normalized spacial score (nSPS) is 10.7. The van der Waals surface area contributed by atoms with Gasteiger partial charge in [0.25, 0.3) is 5.91 Å². The van der Waals surface area contributed by atoms with Crippen molar-refractivity contribution in [3.05, 3.63) is 65.0 Å². The van der Waals surface area contributed by atoms with Crippen molar-refractivity contribution in [2.45, 2.75) is 0 Å². The first-order valence-electron chi connectivity index (χ1n) is 8.84. The van der Waals surface area contributed by atoms with Crippen LogP contribution in [0.15, 0.2) is 59.4 Å². The fraction of sp³-hybridized carbons (Fsp3) is 0.0909. The van der Waals surface area contributed by atoms with Gasteiger partial charge in [-0.05, 0) is 52.2 Å². The minimum Gasteiger partial charge on any atom is -0.497 e. The molecular weight excluding hydrogens is 386 g/mol. The van der Waals surface area contributed by atoms with Gasteiger partial charge in [-0.2, -0.15) is 11.3 Å². The number of fused-ring (bicyclic) bond motifs is 1. The Kier molecular flexibility index (Phi) is 5.05. The Labute approximate surface area is 171 Å². The minimum absolute atomic E-state index is 0.306. The van der Waals surface area contributed by atoms with Crippen molar-refractivity contribution in [3.8, 4) is 22.6 Å². The van der Waals surface area contributed by atoms with E-state index in [-0.39, 0.29) is 0 Å². The number of amides is 1. The number of thiophene rings is 1. The summed E-state index contributed by atoms with van der Waals surface area (Å²) < 4.78 is 10.8. The molecule has 2 aromatic carbocycles. The van der Waals surface area contributed by atoms with E-state index < -0.39 is 5.91 Å². The zero-order chi connectivity index (χ0) is 20.4. The van der Waals surface area contributed by atoms with E-state index >= 15 is 0 Å².